The Morgan fingerprint density at radius 3 is 2.83 bits per heavy atom. The van der Waals surface area contributed by atoms with E-state index < -0.39 is 5.97 Å². The fourth-order valence-electron chi connectivity index (χ4n) is 1.97. The second-order valence-corrected chi connectivity index (χ2v) is 4.15. The monoisotopic (exact) mass is 245 g/mol. The van der Waals surface area contributed by atoms with Crippen molar-refractivity contribution < 1.29 is 9.53 Å². The summed E-state index contributed by atoms with van der Waals surface area (Å²) in [6.45, 7) is 2.08. The summed E-state index contributed by atoms with van der Waals surface area (Å²) < 4.78 is 4.58. The molecule has 0 bridgehead atoms. The second kappa shape index (κ2) is 5.04. The zero-order valence-corrected chi connectivity index (χ0v) is 10.4. The summed E-state index contributed by atoms with van der Waals surface area (Å²) in [5, 5.41) is 0.531. The van der Waals surface area contributed by atoms with Gasteiger partial charge in [-0.15, -0.1) is 0 Å². The number of aryl methyl sites for hydroxylation is 1. The van der Waals surface area contributed by atoms with Crippen molar-refractivity contribution in [1.82, 2.24) is 4.98 Å². The Bertz CT molecular complexity index is 643. The Hall–Kier alpha value is -2.10. The third-order valence-electron chi connectivity index (χ3n) is 2.89. The number of aromatic amines is 1. The Morgan fingerprint density at radius 1 is 1.39 bits per heavy atom. The molecule has 0 radical (unpaired) electrons. The molecule has 0 aliphatic carbocycles. The lowest BCUT2D eigenvalue weighted by Gasteiger charge is -2.04. The number of pyridine rings is 1. The van der Waals surface area contributed by atoms with Gasteiger partial charge >= 0.3 is 5.97 Å². The van der Waals surface area contributed by atoms with E-state index in [4.69, 9.17) is 0 Å². The largest absolute Gasteiger partial charge is 0.465 e. The quantitative estimate of drug-likeness (QED) is 0.844. The van der Waals surface area contributed by atoms with Gasteiger partial charge in [-0.25, -0.2) is 4.79 Å². The topological polar surface area (TPSA) is 59.2 Å². The molecule has 1 heterocycles. The van der Waals surface area contributed by atoms with Crippen LogP contribution in [0.1, 0.15) is 29.3 Å². The van der Waals surface area contributed by atoms with Crippen LogP contribution in [0.25, 0.3) is 10.9 Å². The maximum atomic E-state index is 12.2. The number of hydrogen-bond acceptors (Lipinski definition) is 3. The van der Waals surface area contributed by atoms with Crippen LogP contribution >= 0.6 is 0 Å². The van der Waals surface area contributed by atoms with Crippen LogP contribution in [0, 0.1) is 0 Å². The molecule has 94 valence electrons. The van der Waals surface area contributed by atoms with Crippen LogP contribution in [0.15, 0.2) is 29.2 Å². The van der Waals surface area contributed by atoms with Gasteiger partial charge in [-0.1, -0.05) is 19.4 Å². The molecule has 1 aromatic carbocycles. The summed E-state index contributed by atoms with van der Waals surface area (Å²) in [4.78, 5) is 26.6. The van der Waals surface area contributed by atoms with Crippen molar-refractivity contribution in [2.45, 2.75) is 19.8 Å². The fraction of sp³-hybridized carbons (Fsp3) is 0.286. The van der Waals surface area contributed by atoms with E-state index >= 15 is 0 Å². The fourth-order valence-corrected chi connectivity index (χ4v) is 1.97. The molecule has 4 heteroatoms. The first-order chi connectivity index (χ1) is 8.67. The first-order valence-corrected chi connectivity index (χ1v) is 5.90. The van der Waals surface area contributed by atoms with E-state index in [0.29, 0.717) is 5.39 Å². The molecule has 0 amide bonds. The lowest BCUT2D eigenvalue weighted by Crippen LogP contribution is -2.17. The van der Waals surface area contributed by atoms with Crippen LogP contribution in [-0.4, -0.2) is 18.1 Å². The Balaban J connectivity index is 2.64. The molecular formula is C14H15NO3. The van der Waals surface area contributed by atoms with Crippen molar-refractivity contribution in [3.8, 4) is 0 Å². The molecule has 0 aliphatic rings. The van der Waals surface area contributed by atoms with Gasteiger partial charge in [-0.3, -0.25) is 4.79 Å². The average molecular weight is 245 g/mol. The normalized spacial score (nSPS) is 10.6. The van der Waals surface area contributed by atoms with Crippen LogP contribution in [0.2, 0.25) is 0 Å². The van der Waals surface area contributed by atoms with Gasteiger partial charge in [0.2, 0.25) is 5.43 Å². The average Bonchev–Trinajstić information content (AvgIpc) is 2.39. The molecule has 0 saturated carbocycles. The molecule has 4 nitrogen and oxygen atoms in total. The summed E-state index contributed by atoms with van der Waals surface area (Å²) >= 11 is 0. The Morgan fingerprint density at radius 2 is 2.17 bits per heavy atom. The lowest BCUT2D eigenvalue weighted by atomic mass is 10.1. The van der Waals surface area contributed by atoms with Crippen LogP contribution < -0.4 is 5.43 Å². The van der Waals surface area contributed by atoms with E-state index in [0.717, 1.165) is 23.9 Å². The van der Waals surface area contributed by atoms with Crippen LogP contribution in [-0.2, 0) is 11.2 Å². The molecule has 2 aromatic rings. The van der Waals surface area contributed by atoms with E-state index in [9.17, 15) is 9.59 Å². The third-order valence-corrected chi connectivity index (χ3v) is 2.89. The van der Waals surface area contributed by atoms with Gasteiger partial charge in [0.1, 0.15) is 5.56 Å². The number of carbonyl (C=O) groups is 1. The summed E-state index contributed by atoms with van der Waals surface area (Å²) in [6, 6.07) is 5.69. The highest BCUT2D eigenvalue weighted by Gasteiger charge is 2.13. The number of esters is 1. The maximum Gasteiger partial charge on any atom is 0.343 e. The zero-order chi connectivity index (χ0) is 13.1. The smallest absolute Gasteiger partial charge is 0.343 e. The molecule has 0 atom stereocenters. The highest BCUT2D eigenvalue weighted by atomic mass is 16.5. The minimum atomic E-state index is -0.612. The highest BCUT2D eigenvalue weighted by molar-refractivity contribution is 5.93. The zero-order valence-electron chi connectivity index (χ0n) is 10.4. The standard InChI is InChI=1S/C14H15NO3/c1-3-4-9-5-6-12-10(7-9)13(16)11(8-15-12)14(17)18-2/h5-8H,3-4H2,1-2H3,(H,15,16). The molecule has 0 unspecified atom stereocenters. The molecule has 0 aliphatic heterocycles. The summed E-state index contributed by atoms with van der Waals surface area (Å²) in [7, 11) is 1.26. The SMILES string of the molecule is CCCc1ccc2[nH]cc(C(=O)OC)c(=O)c2c1. The number of ether oxygens (including phenoxy) is 1. The van der Waals surface area contributed by atoms with Crippen LogP contribution in [0.3, 0.4) is 0 Å². The van der Waals surface area contributed by atoms with Crippen molar-refractivity contribution in [1.29, 1.82) is 0 Å². The summed E-state index contributed by atoms with van der Waals surface area (Å²) in [6.07, 6.45) is 3.33. The molecule has 2 rings (SSSR count). The number of rotatable bonds is 3. The number of hydrogen-bond donors (Lipinski definition) is 1. The third kappa shape index (κ3) is 2.14. The van der Waals surface area contributed by atoms with E-state index in [2.05, 4.69) is 16.6 Å². The number of nitrogens with one attached hydrogen (secondary N) is 1. The molecule has 1 aromatic heterocycles. The molecular weight excluding hydrogens is 230 g/mol. The highest BCUT2D eigenvalue weighted by Crippen LogP contribution is 2.13. The molecule has 18 heavy (non-hydrogen) atoms. The first-order valence-electron chi connectivity index (χ1n) is 5.90. The van der Waals surface area contributed by atoms with Crippen molar-refractivity contribution in [2.75, 3.05) is 7.11 Å². The number of carbonyl (C=O) groups excluding carboxylic acids is 1. The van der Waals surface area contributed by atoms with Crippen molar-refractivity contribution >= 4 is 16.9 Å². The molecule has 1 N–H and O–H groups in total. The van der Waals surface area contributed by atoms with Gasteiger partial charge in [0.15, 0.2) is 0 Å². The summed E-state index contributed by atoms with van der Waals surface area (Å²) in [5.74, 6) is -0.612. The van der Waals surface area contributed by atoms with Crippen LogP contribution in [0.4, 0.5) is 0 Å². The van der Waals surface area contributed by atoms with Crippen LogP contribution in [0.5, 0.6) is 0 Å². The number of H-pyrrole nitrogens is 1. The van der Waals surface area contributed by atoms with Gasteiger partial charge in [-0.05, 0) is 24.1 Å². The van der Waals surface area contributed by atoms with Crippen molar-refractivity contribution in [3.05, 3.63) is 45.7 Å². The summed E-state index contributed by atoms with van der Waals surface area (Å²) in [5.41, 5.74) is 1.58. The first kappa shape index (κ1) is 12.4. The lowest BCUT2D eigenvalue weighted by molar-refractivity contribution is 0.0599. The predicted octanol–water partition coefficient (Wildman–Crippen LogP) is 2.27. The van der Waals surface area contributed by atoms with Crippen molar-refractivity contribution in [2.24, 2.45) is 0 Å². The van der Waals surface area contributed by atoms with E-state index in [1.807, 2.05) is 18.2 Å². The number of methoxy groups -OCH3 is 1. The van der Waals surface area contributed by atoms with Gasteiger partial charge in [0.25, 0.3) is 0 Å². The minimum absolute atomic E-state index is 0.0404. The molecule has 0 spiro atoms. The van der Waals surface area contributed by atoms with Gasteiger partial charge in [0.05, 0.1) is 7.11 Å². The Labute approximate surface area is 105 Å². The minimum Gasteiger partial charge on any atom is -0.465 e. The van der Waals surface area contributed by atoms with E-state index in [-0.39, 0.29) is 11.0 Å². The number of aromatic nitrogens is 1. The van der Waals surface area contributed by atoms with Gasteiger partial charge < -0.3 is 9.72 Å². The Kier molecular flexibility index (Phi) is 3.46. The van der Waals surface area contributed by atoms with Gasteiger partial charge in [-0.2, -0.15) is 0 Å². The predicted molar refractivity (Wildman–Crippen MR) is 69.9 cm³/mol. The maximum absolute atomic E-state index is 12.2. The number of benzene rings is 1. The van der Waals surface area contributed by atoms with Crippen molar-refractivity contribution in [3.63, 3.8) is 0 Å². The number of fused-ring (bicyclic) bond motifs is 1. The molecule has 0 saturated heterocycles. The van der Waals surface area contributed by atoms with E-state index in [1.165, 1.54) is 13.3 Å². The molecule has 0 fully saturated rings. The van der Waals surface area contributed by atoms with E-state index in [1.54, 1.807) is 0 Å². The second-order valence-electron chi connectivity index (χ2n) is 4.15. The van der Waals surface area contributed by atoms with Gasteiger partial charge in [0, 0.05) is 17.1 Å².